The van der Waals surface area contributed by atoms with Crippen LogP contribution < -0.4 is 15.5 Å². The highest BCUT2D eigenvalue weighted by molar-refractivity contribution is 5.79. The molecule has 0 saturated heterocycles. The largest absolute Gasteiger partial charge is 0.390 e. The van der Waals surface area contributed by atoms with E-state index in [2.05, 4.69) is 20.5 Å². The first-order valence-electron chi connectivity index (χ1n) is 6.70. The minimum atomic E-state index is -4.15. The van der Waals surface area contributed by atoms with E-state index in [1.54, 1.807) is 0 Å². The Morgan fingerprint density at radius 1 is 1.14 bits per heavy atom. The Kier molecular flexibility index (Phi) is 6.84. The fourth-order valence-electron chi connectivity index (χ4n) is 1.70. The third-order valence-electron chi connectivity index (χ3n) is 2.86. The fraction of sp³-hybridized carbons (Fsp3) is 0.500. The molecule has 0 bridgehead atoms. The molecule has 0 aromatic heterocycles. The molecule has 0 aliphatic carbocycles. The molecule has 1 aromatic rings. The van der Waals surface area contributed by atoms with Crippen LogP contribution in [-0.2, 0) is 0 Å². The molecule has 0 saturated carbocycles. The number of aliphatic imine (C=N–C) groups is 1. The van der Waals surface area contributed by atoms with Gasteiger partial charge in [-0.1, -0.05) is 18.2 Å². The standard InChI is InChI=1S/C14H21F3N4/c1-18-13(19-9-8-14(15,16)17)20-10-11-21(2)12-6-4-3-5-7-12/h3-7H,8-11H2,1-2H3,(H2,18,19,20). The van der Waals surface area contributed by atoms with Gasteiger partial charge in [0.15, 0.2) is 5.96 Å². The SMILES string of the molecule is CN=C(NCCN(C)c1ccccc1)NCCC(F)(F)F. The lowest BCUT2D eigenvalue weighted by Gasteiger charge is -2.20. The van der Waals surface area contributed by atoms with Gasteiger partial charge in [-0.05, 0) is 12.1 Å². The van der Waals surface area contributed by atoms with Crippen LogP contribution in [0, 0.1) is 0 Å². The summed E-state index contributed by atoms with van der Waals surface area (Å²) < 4.78 is 36.1. The molecule has 0 heterocycles. The number of hydrogen-bond acceptors (Lipinski definition) is 2. The maximum absolute atomic E-state index is 12.0. The van der Waals surface area contributed by atoms with Crippen molar-refractivity contribution >= 4 is 11.6 Å². The number of nitrogens with one attached hydrogen (secondary N) is 2. The molecule has 118 valence electrons. The molecule has 0 atom stereocenters. The van der Waals surface area contributed by atoms with E-state index in [4.69, 9.17) is 0 Å². The molecule has 0 spiro atoms. The van der Waals surface area contributed by atoms with Gasteiger partial charge in [-0.15, -0.1) is 0 Å². The van der Waals surface area contributed by atoms with Crippen molar-refractivity contribution in [2.75, 3.05) is 38.6 Å². The van der Waals surface area contributed by atoms with Crippen LogP contribution >= 0.6 is 0 Å². The number of anilines is 1. The smallest absolute Gasteiger partial charge is 0.373 e. The van der Waals surface area contributed by atoms with E-state index in [0.717, 1.165) is 5.69 Å². The highest BCUT2D eigenvalue weighted by Gasteiger charge is 2.26. The second kappa shape index (κ2) is 8.39. The van der Waals surface area contributed by atoms with Crippen LogP contribution in [0.5, 0.6) is 0 Å². The summed E-state index contributed by atoms with van der Waals surface area (Å²) in [5, 5.41) is 5.63. The summed E-state index contributed by atoms with van der Waals surface area (Å²) in [6, 6.07) is 9.85. The Morgan fingerprint density at radius 2 is 1.76 bits per heavy atom. The van der Waals surface area contributed by atoms with Gasteiger partial charge in [0.05, 0.1) is 6.42 Å². The third-order valence-corrected chi connectivity index (χ3v) is 2.86. The normalized spacial score (nSPS) is 12.1. The van der Waals surface area contributed by atoms with Crippen molar-refractivity contribution in [3.63, 3.8) is 0 Å². The van der Waals surface area contributed by atoms with Crippen molar-refractivity contribution in [3.8, 4) is 0 Å². The topological polar surface area (TPSA) is 39.7 Å². The molecule has 1 aromatic carbocycles. The highest BCUT2D eigenvalue weighted by atomic mass is 19.4. The first kappa shape index (κ1) is 17.1. The number of hydrogen-bond donors (Lipinski definition) is 2. The van der Waals surface area contributed by atoms with Gasteiger partial charge < -0.3 is 15.5 Å². The van der Waals surface area contributed by atoms with Gasteiger partial charge in [-0.2, -0.15) is 13.2 Å². The number of para-hydroxylation sites is 1. The van der Waals surface area contributed by atoms with Gasteiger partial charge in [0.25, 0.3) is 0 Å². The second-order valence-corrected chi connectivity index (χ2v) is 4.55. The average molecular weight is 302 g/mol. The fourth-order valence-corrected chi connectivity index (χ4v) is 1.70. The van der Waals surface area contributed by atoms with Crippen LogP contribution in [0.25, 0.3) is 0 Å². The summed E-state index contributed by atoms with van der Waals surface area (Å²) in [5.41, 5.74) is 1.08. The number of alkyl halides is 3. The van der Waals surface area contributed by atoms with Crippen LogP contribution in [0.4, 0.5) is 18.9 Å². The molecule has 0 amide bonds. The zero-order chi connectivity index (χ0) is 15.7. The van der Waals surface area contributed by atoms with E-state index in [1.807, 2.05) is 37.4 Å². The predicted molar refractivity (Wildman–Crippen MR) is 79.7 cm³/mol. The van der Waals surface area contributed by atoms with E-state index in [0.29, 0.717) is 19.0 Å². The average Bonchev–Trinajstić information content (AvgIpc) is 2.45. The molecule has 7 heteroatoms. The lowest BCUT2D eigenvalue weighted by molar-refractivity contribution is -0.132. The number of guanidine groups is 1. The molecule has 0 aliphatic rings. The number of likely N-dealkylation sites (N-methyl/N-ethyl adjacent to an activating group) is 1. The van der Waals surface area contributed by atoms with Crippen LogP contribution in [0.1, 0.15) is 6.42 Å². The predicted octanol–water partition coefficient (Wildman–Crippen LogP) is 2.24. The highest BCUT2D eigenvalue weighted by Crippen LogP contribution is 2.18. The number of nitrogens with zero attached hydrogens (tertiary/aromatic N) is 2. The molecule has 0 radical (unpaired) electrons. The summed E-state index contributed by atoms with van der Waals surface area (Å²) in [4.78, 5) is 5.94. The minimum absolute atomic E-state index is 0.183. The van der Waals surface area contributed by atoms with E-state index in [1.165, 1.54) is 7.05 Å². The number of rotatable bonds is 6. The molecule has 4 nitrogen and oxygen atoms in total. The summed E-state index contributed by atoms with van der Waals surface area (Å²) >= 11 is 0. The van der Waals surface area contributed by atoms with Crippen molar-refractivity contribution in [3.05, 3.63) is 30.3 Å². The zero-order valence-electron chi connectivity index (χ0n) is 12.2. The van der Waals surface area contributed by atoms with Gasteiger partial charge in [-0.3, -0.25) is 4.99 Å². The summed E-state index contributed by atoms with van der Waals surface area (Å²) in [5.74, 6) is 0.376. The number of benzene rings is 1. The lowest BCUT2D eigenvalue weighted by Crippen LogP contribution is -2.42. The Hall–Kier alpha value is -1.92. The minimum Gasteiger partial charge on any atom is -0.373 e. The molecule has 0 unspecified atom stereocenters. The Balaban J connectivity index is 2.26. The Morgan fingerprint density at radius 3 is 2.33 bits per heavy atom. The first-order chi connectivity index (χ1) is 9.92. The van der Waals surface area contributed by atoms with Gasteiger partial charge in [-0.25, -0.2) is 0 Å². The monoisotopic (exact) mass is 302 g/mol. The van der Waals surface area contributed by atoms with E-state index < -0.39 is 12.6 Å². The molecular formula is C14H21F3N4. The van der Waals surface area contributed by atoms with Crippen LogP contribution in [-0.4, -0.2) is 45.9 Å². The molecular weight excluding hydrogens is 281 g/mol. The van der Waals surface area contributed by atoms with Gasteiger partial charge in [0.2, 0.25) is 0 Å². The van der Waals surface area contributed by atoms with Crippen molar-refractivity contribution in [1.29, 1.82) is 0 Å². The molecule has 2 N–H and O–H groups in total. The number of halogens is 3. The zero-order valence-corrected chi connectivity index (χ0v) is 12.2. The van der Waals surface area contributed by atoms with Gasteiger partial charge in [0.1, 0.15) is 0 Å². The second-order valence-electron chi connectivity index (χ2n) is 4.55. The summed E-state index contributed by atoms with van der Waals surface area (Å²) in [7, 11) is 3.49. The van der Waals surface area contributed by atoms with E-state index >= 15 is 0 Å². The maximum Gasteiger partial charge on any atom is 0.390 e. The van der Waals surface area contributed by atoms with Crippen LogP contribution in [0.2, 0.25) is 0 Å². The molecule has 0 fully saturated rings. The summed E-state index contributed by atoms with van der Waals surface area (Å²) in [6.07, 6.45) is -5.03. The third kappa shape index (κ3) is 7.43. The Labute approximate surface area is 123 Å². The summed E-state index contributed by atoms with van der Waals surface area (Å²) in [6.45, 7) is 1.11. The van der Waals surface area contributed by atoms with Crippen LogP contribution in [0.3, 0.4) is 0 Å². The first-order valence-corrected chi connectivity index (χ1v) is 6.70. The molecule has 21 heavy (non-hydrogen) atoms. The molecule has 1 rings (SSSR count). The van der Waals surface area contributed by atoms with Crippen LogP contribution in [0.15, 0.2) is 35.3 Å². The van der Waals surface area contributed by atoms with Crippen molar-refractivity contribution in [2.24, 2.45) is 4.99 Å². The van der Waals surface area contributed by atoms with Crippen molar-refractivity contribution < 1.29 is 13.2 Å². The lowest BCUT2D eigenvalue weighted by atomic mass is 10.3. The quantitative estimate of drug-likeness (QED) is 0.625. The Bertz CT molecular complexity index is 432. The molecule has 0 aliphatic heterocycles. The maximum atomic E-state index is 12.0. The van der Waals surface area contributed by atoms with E-state index in [9.17, 15) is 13.2 Å². The van der Waals surface area contributed by atoms with Gasteiger partial charge in [0, 0.05) is 39.4 Å². The van der Waals surface area contributed by atoms with Crippen molar-refractivity contribution in [2.45, 2.75) is 12.6 Å². The van der Waals surface area contributed by atoms with E-state index in [-0.39, 0.29) is 6.54 Å². The van der Waals surface area contributed by atoms with Gasteiger partial charge >= 0.3 is 6.18 Å². The van der Waals surface area contributed by atoms with Crippen molar-refractivity contribution in [1.82, 2.24) is 10.6 Å².